The molecule has 1 aromatic heterocycles. The Bertz CT molecular complexity index is 1210. The molecule has 0 unspecified atom stereocenters. The molecule has 4 aromatic rings. The predicted octanol–water partition coefficient (Wildman–Crippen LogP) is 4.59. The molecule has 0 aliphatic carbocycles. The Hall–Kier alpha value is -3.78. The number of rotatable bonds is 8. The molecule has 32 heavy (non-hydrogen) atoms. The first-order valence-electron chi connectivity index (χ1n) is 9.75. The normalized spacial score (nSPS) is 10.7. The van der Waals surface area contributed by atoms with Crippen molar-refractivity contribution >= 4 is 23.5 Å². The maximum Gasteiger partial charge on any atom is 0.316 e. The van der Waals surface area contributed by atoms with Crippen LogP contribution in [-0.4, -0.2) is 38.9 Å². The number of Topliss-reactive ketones (excluding diaryl/α,β-unsaturated/α-hetero) is 1. The van der Waals surface area contributed by atoms with Crippen molar-refractivity contribution in [2.24, 2.45) is 0 Å². The standard InChI is InChI=1S/C24H18FN3O3S/c25-19-13-11-17(12-14-19)21(29)15-31-22(30)16-32-24-27-26-23(18-7-3-1-4-8-18)28(24)20-9-5-2-6-10-20/h1-14H,15-16H2. The van der Waals surface area contributed by atoms with Gasteiger partial charge < -0.3 is 4.74 Å². The van der Waals surface area contributed by atoms with Gasteiger partial charge in [-0.15, -0.1) is 10.2 Å². The van der Waals surface area contributed by atoms with E-state index in [0.29, 0.717) is 11.0 Å². The second-order valence-electron chi connectivity index (χ2n) is 6.72. The van der Waals surface area contributed by atoms with Crippen molar-refractivity contribution < 1.29 is 18.7 Å². The van der Waals surface area contributed by atoms with Crippen LogP contribution in [0.3, 0.4) is 0 Å². The van der Waals surface area contributed by atoms with Gasteiger partial charge >= 0.3 is 5.97 Å². The number of ketones is 1. The molecule has 0 bridgehead atoms. The average molecular weight is 447 g/mol. The van der Waals surface area contributed by atoms with Crippen molar-refractivity contribution in [3.8, 4) is 17.1 Å². The highest BCUT2D eigenvalue weighted by Crippen LogP contribution is 2.27. The molecule has 1 heterocycles. The van der Waals surface area contributed by atoms with Crippen LogP contribution in [0.2, 0.25) is 0 Å². The first-order valence-corrected chi connectivity index (χ1v) is 10.7. The zero-order valence-corrected chi connectivity index (χ0v) is 17.7. The minimum absolute atomic E-state index is 0.0452. The molecule has 0 aliphatic rings. The number of carbonyl (C=O) groups is 2. The monoisotopic (exact) mass is 447 g/mol. The fourth-order valence-corrected chi connectivity index (χ4v) is 3.73. The SMILES string of the molecule is O=C(CSc1nnc(-c2ccccc2)n1-c1ccccc1)OCC(=O)c1ccc(F)cc1. The molecule has 8 heteroatoms. The van der Waals surface area contributed by atoms with E-state index in [2.05, 4.69) is 10.2 Å². The van der Waals surface area contributed by atoms with Crippen LogP contribution in [0.25, 0.3) is 17.1 Å². The molecule has 4 rings (SSSR count). The Morgan fingerprint density at radius 3 is 2.22 bits per heavy atom. The lowest BCUT2D eigenvalue weighted by molar-refractivity contribution is -0.139. The Labute approximate surface area is 188 Å². The number of para-hydroxylation sites is 1. The van der Waals surface area contributed by atoms with Crippen LogP contribution < -0.4 is 0 Å². The topological polar surface area (TPSA) is 74.1 Å². The van der Waals surface area contributed by atoms with E-state index >= 15 is 0 Å². The largest absolute Gasteiger partial charge is 0.457 e. The minimum atomic E-state index is -0.561. The van der Waals surface area contributed by atoms with Gasteiger partial charge in [-0.1, -0.05) is 60.3 Å². The first kappa shape index (κ1) is 21.5. The van der Waals surface area contributed by atoms with Crippen LogP contribution in [-0.2, 0) is 9.53 Å². The maximum absolute atomic E-state index is 13.0. The van der Waals surface area contributed by atoms with E-state index in [1.54, 1.807) is 0 Å². The molecule has 3 aromatic carbocycles. The van der Waals surface area contributed by atoms with Crippen molar-refractivity contribution in [3.63, 3.8) is 0 Å². The summed E-state index contributed by atoms with van der Waals surface area (Å²) in [6.07, 6.45) is 0. The van der Waals surface area contributed by atoms with Gasteiger partial charge in [-0.25, -0.2) is 4.39 Å². The van der Waals surface area contributed by atoms with E-state index in [-0.39, 0.29) is 11.3 Å². The van der Waals surface area contributed by atoms with Crippen LogP contribution in [0, 0.1) is 5.82 Å². The third-order valence-corrected chi connectivity index (χ3v) is 5.43. The van der Waals surface area contributed by atoms with Gasteiger partial charge in [0.25, 0.3) is 0 Å². The van der Waals surface area contributed by atoms with E-state index in [1.165, 1.54) is 36.0 Å². The fraction of sp³-hybridized carbons (Fsp3) is 0.0833. The predicted molar refractivity (Wildman–Crippen MR) is 119 cm³/mol. The molecule has 0 saturated carbocycles. The number of aromatic nitrogens is 3. The first-order chi connectivity index (χ1) is 15.6. The summed E-state index contributed by atoms with van der Waals surface area (Å²) >= 11 is 1.17. The highest BCUT2D eigenvalue weighted by Gasteiger charge is 2.18. The second-order valence-corrected chi connectivity index (χ2v) is 7.67. The summed E-state index contributed by atoms with van der Waals surface area (Å²) in [7, 11) is 0. The van der Waals surface area contributed by atoms with E-state index in [9.17, 15) is 14.0 Å². The number of ether oxygens (including phenoxy) is 1. The van der Waals surface area contributed by atoms with E-state index in [1.807, 2.05) is 65.2 Å². The quantitative estimate of drug-likeness (QED) is 0.223. The van der Waals surface area contributed by atoms with Crippen LogP contribution >= 0.6 is 11.8 Å². The maximum atomic E-state index is 13.0. The fourth-order valence-electron chi connectivity index (χ4n) is 2.98. The van der Waals surface area contributed by atoms with Crippen molar-refractivity contribution in [1.29, 1.82) is 0 Å². The molecule has 0 atom stereocenters. The summed E-state index contributed by atoms with van der Waals surface area (Å²) in [5.41, 5.74) is 2.03. The number of benzene rings is 3. The summed E-state index contributed by atoms with van der Waals surface area (Å²) in [5.74, 6) is -0.792. The van der Waals surface area contributed by atoms with Gasteiger partial charge in [0.2, 0.25) is 0 Å². The van der Waals surface area contributed by atoms with Crippen LogP contribution in [0.1, 0.15) is 10.4 Å². The number of halogens is 1. The summed E-state index contributed by atoms with van der Waals surface area (Å²) in [5, 5.41) is 9.10. The summed E-state index contributed by atoms with van der Waals surface area (Å²) in [6, 6.07) is 24.3. The molecule has 0 N–H and O–H groups in total. The third-order valence-electron chi connectivity index (χ3n) is 4.53. The van der Waals surface area contributed by atoms with Gasteiger partial charge in [0.15, 0.2) is 23.4 Å². The summed E-state index contributed by atoms with van der Waals surface area (Å²) < 4.78 is 19.9. The molecular formula is C24H18FN3O3S. The molecule has 0 spiro atoms. The van der Waals surface area contributed by atoms with Crippen molar-refractivity contribution in [3.05, 3.63) is 96.3 Å². The number of hydrogen-bond acceptors (Lipinski definition) is 6. The molecular weight excluding hydrogens is 429 g/mol. The third kappa shape index (κ3) is 5.09. The van der Waals surface area contributed by atoms with Gasteiger partial charge in [-0.3, -0.25) is 14.2 Å². The van der Waals surface area contributed by atoms with Crippen LogP contribution in [0.5, 0.6) is 0 Å². The average Bonchev–Trinajstić information content (AvgIpc) is 3.27. The minimum Gasteiger partial charge on any atom is -0.457 e. The van der Waals surface area contributed by atoms with Crippen molar-refractivity contribution in [2.45, 2.75) is 5.16 Å². The zero-order chi connectivity index (χ0) is 22.3. The highest BCUT2D eigenvalue weighted by atomic mass is 32.2. The Morgan fingerprint density at radius 1 is 0.875 bits per heavy atom. The molecule has 0 radical (unpaired) electrons. The lowest BCUT2D eigenvalue weighted by Gasteiger charge is -2.10. The number of esters is 1. The van der Waals surface area contributed by atoms with Gasteiger partial charge in [-0.05, 0) is 36.4 Å². The molecule has 0 aliphatic heterocycles. The van der Waals surface area contributed by atoms with E-state index in [4.69, 9.17) is 4.74 Å². The van der Waals surface area contributed by atoms with Crippen molar-refractivity contribution in [2.75, 3.05) is 12.4 Å². The Balaban J connectivity index is 1.45. The molecule has 160 valence electrons. The smallest absolute Gasteiger partial charge is 0.316 e. The highest BCUT2D eigenvalue weighted by molar-refractivity contribution is 7.99. The number of nitrogens with zero attached hydrogens (tertiary/aromatic N) is 3. The van der Waals surface area contributed by atoms with Gasteiger partial charge in [0.05, 0.1) is 5.75 Å². The summed E-state index contributed by atoms with van der Waals surface area (Å²) in [6.45, 7) is -0.411. The Morgan fingerprint density at radius 2 is 1.53 bits per heavy atom. The summed E-state index contributed by atoms with van der Waals surface area (Å²) in [4.78, 5) is 24.3. The second kappa shape index (κ2) is 10.0. The van der Waals surface area contributed by atoms with E-state index in [0.717, 1.165) is 11.3 Å². The molecule has 6 nitrogen and oxygen atoms in total. The van der Waals surface area contributed by atoms with Crippen LogP contribution in [0.15, 0.2) is 90.1 Å². The molecule has 0 saturated heterocycles. The number of hydrogen-bond donors (Lipinski definition) is 0. The Kier molecular flexibility index (Phi) is 6.72. The van der Waals surface area contributed by atoms with Gasteiger partial charge in [-0.2, -0.15) is 0 Å². The van der Waals surface area contributed by atoms with Gasteiger partial charge in [0.1, 0.15) is 5.82 Å². The molecule has 0 fully saturated rings. The number of thioether (sulfide) groups is 1. The molecule has 0 amide bonds. The van der Waals surface area contributed by atoms with Crippen LogP contribution in [0.4, 0.5) is 4.39 Å². The van der Waals surface area contributed by atoms with Crippen molar-refractivity contribution in [1.82, 2.24) is 14.8 Å². The lowest BCUT2D eigenvalue weighted by atomic mass is 10.1. The van der Waals surface area contributed by atoms with E-state index < -0.39 is 24.2 Å². The number of carbonyl (C=O) groups excluding carboxylic acids is 2. The van der Waals surface area contributed by atoms with Gasteiger partial charge in [0, 0.05) is 16.8 Å². The zero-order valence-electron chi connectivity index (χ0n) is 16.8. The lowest BCUT2D eigenvalue weighted by Crippen LogP contribution is -2.15.